The van der Waals surface area contributed by atoms with Crippen molar-refractivity contribution < 1.29 is 18.4 Å². The monoisotopic (exact) mass is 319 g/mol. The van der Waals surface area contributed by atoms with Crippen LogP contribution in [0.15, 0.2) is 47.1 Å². The summed E-state index contributed by atoms with van der Waals surface area (Å²) >= 11 is 0. The van der Waals surface area contributed by atoms with E-state index in [4.69, 9.17) is 4.42 Å². The summed E-state index contributed by atoms with van der Waals surface area (Å²) < 4.78 is 18.6. The fraction of sp³-hybridized carbons (Fsp3) is 0.250. The van der Waals surface area contributed by atoms with Crippen LogP contribution in [0.4, 0.5) is 9.18 Å². The van der Waals surface area contributed by atoms with Crippen LogP contribution < -0.4 is 10.6 Å². The fourth-order valence-corrected chi connectivity index (χ4v) is 2.01. The molecule has 23 heavy (non-hydrogen) atoms. The zero-order valence-electron chi connectivity index (χ0n) is 12.7. The molecule has 1 aromatic carbocycles. The third kappa shape index (κ3) is 5.55. The largest absolute Gasteiger partial charge is 0.467 e. The maximum Gasteiger partial charge on any atom is 0.321 e. The number of nitrogens with zero attached hydrogens (tertiary/aromatic N) is 1. The third-order valence-electron chi connectivity index (χ3n) is 3.07. The lowest BCUT2D eigenvalue weighted by Gasteiger charge is -2.16. The number of hydrogen-bond acceptors (Lipinski definition) is 4. The average Bonchev–Trinajstić information content (AvgIpc) is 3.00. The van der Waals surface area contributed by atoms with Gasteiger partial charge in [0, 0.05) is 12.1 Å². The number of nitrogens with one attached hydrogen (secondary N) is 2. The molecule has 0 fully saturated rings. The minimum Gasteiger partial charge on any atom is -0.467 e. The molecule has 6 nitrogen and oxygen atoms in total. The Hall–Kier alpha value is -2.67. The number of urea groups is 1. The van der Waals surface area contributed by atoms with E-state index in [1.54, 1.807) is 42.3 Å². The highest BCUT2D eigenvalue weighted by atomic mass is 19.1. The van der Waals surface area contributed by atoms with Crippen molar-refractivity contribution >= 4 is 11.9 Å². The van der Waals surface area contributed by atoms with Gasteiger partial charge in [0.2, 0.25) is 5.91 Å². The van der Waals surface area contributed by atoms with Gasteiger partial charge in [-0.25, -0.2) is 9.18 Å². The molecule has 0 aliphatic heterocycles. The summed E-state index contributed by atoms with van der Waals surface area (Å²) in [4.78, 5) is 25.0. The summed E-state index contributed by atoms with van der Waals surface area (Å²) in [5, 5.41) is 4.71. The van der Waals surface area contributed by atoms with Gasteiger partial charge in [0.15, 0.2) is 0 Å². The molecule has 2 aromatic rings. The number of halogens is 1. The predicted molar refractivity (Wildman–Crippen MR) is 81.8 cm³/mol. The molecule has 0 atom stereocenters. The van der Waals surface area contributed by atoms with Crippen molar-refractivity contribution in [1.82, 2.24) is 15.5 Å². The standard InChI is InChI=1S/C16H18FN3O3/c1-20(10-12-5-2-3-7-14(12)17)11-15(21)19-16(22)18-9-13-6-4-8-23-13/h2-8H,9-11H2,1H3,(H2,18,19,21,22). The molecule has 7 heteroatoms. The van der Waals surface area contributed by atoms with Gasteiger partial charge in [0.25, 0.3) is 0 Å². The number of benzene rings is 1. The number of rotatable bonds is 6. The van der Waals surface area contributed by atoms with Crippen LogP contribution >= 0.6 is 0 Å². The van der Waals surface area contributed by atoms with E-state index in [2.05, 4.69) is 10.6 Å². The molecule has 0 bridgehead atoms. The Labute approximate surface area is 133 Å². The summed E-state index contributed by atoms with van der Waals surface area (Å²) in [5.74, 6) is -0.207. The molecule has 3 amide bonds. The van der Waals surface area contributed by atoms with E-state index >= 15 is 0 Å². The number of likely N-dealkylation sites (N-methyl/N-ethyl adjacent to an activating group) is 1. The first kappa shape index (κ1) is 16.7. The highest BCUT2D eigenvalue weighted by Crippen LogP contribution is 2.08. The van der Waals surface area contributed by atoms with Crippen molar-refractivity contribution in [2.75, 3.05) is 13.6 Å². The average molecular weight is 319 g/mol. The van der Waals surface area contributed by atoms with E-state index in [-0.39, 0.29) is 25.5 Å². The molecule has 2 N–H and O–H groups in total. The van der Waals surface area contributed by atoms with E-state index in [0.29, 0.717) is 11.3 Å². The number of hydrogen-bond donors (Lipinski definition) is 2. The summed E-state index contributed by atoms with van der Waals surface area (Å²) in [7, 11) is 1.67. The lowest BCUT2D eigenvalue weighted by molar-refractivity contribution is -0.121. The van der Waals surface area contributed by atoms with Crippen LogP contribution in [0.5, 0.6) is 0 Å². The first-order valence-corrected chi connectivity index (χ1v) is 7.06. The van der Waals surface area contributed by atoms with Crippen LogP contribution in [0.2, 0.25) is 0 Å². The molecule has 0 aliphatic carbocycles. The molecule has 122 valence electrons. The van der Waals surface area contributed by atoms with Crippen molar-refractivity contribution in [1.29, 1.82) is 0 Å². The molecule has 0 unspecified atom stereocenters. The molecule has 0 saturated carbocycles. The second-order valence-corrected chi connectivity index (χ2v) is 5.07. The van der Waals surface area contributed by atoms with Gasteiger partial charge < -0.3 is 9.73 Å². The van der Waals surface area contributed by atoms with Crippen LogP contribution in [0.25, 0.3) is 0 Å². The lowest BCUT2D eigenvalue weighted by Crippen LogP contribution is -2.43. The van der Waals surface area contributed by atoms with Crippen molar-refractivity contribution in [2.45, 2.75) is 13.1 Å². The Morgan fingerprint density at radius 3 is 2.70 bits per heavy atom. The highest BCUT2D eigenvalue weighted by Gasteiger charge is 2.12. The van der Waals surface area contributed by atoms with Crippen LogP contribution in [-0.4, -0.2) is 30.4 Å². The fourth-order valence-electron chi connectivity index (χ4n) is 2.01. The molecular formula is C16H18FN3O3. The Morgan fingerprint density at radius 2 is 2.00 bits per heavy atom. The smallest absolute Gasteiger partial charge is 0.321 e. The van der Waals surface area contributed by atoms with Crippen molar-refractivity contribution in [3.8, 4) is 0 Å². The zero-order valence-corrected chi connectivity index (χ0v) is 12.7. The molecule has 2 rings (SSSR count). The van der Waals surface area contributed by atoms with Crippen LogP contribution in [0, 0.1) is 5.82 Å². The molecule has 0 saturated heterocycles. The quantitative estimate of drug-likeness (QED) is 0.852. The van der Waals surface area contributed by atoms with E-state index < -0.39 is 11.9 Å². The van der Waals surface area contributed by atoms with Crippen LogP contribution in [-0.2, 0) is 17.9 Å². The Balaban J connectivity index is 1.73. The molecular weight excluding hydrogens is 301 g/mol. The number of furan rings is 1. The van der Waals surface area contributed by atoms with Gasteiger partial charge in [-0.05, 0) is 25.2 Å². The number of carbonyl (C=O) groups is 2. The van der Waals surface area contributed by atoms with Gasteiger partial charge in [0.1, 0.15) is 11.6 Å². The van der Waals surface area contributed by atoms with Gasteiger partial charge >= 0.3 is 6.03 Å². The molecule has 0 spiro atoms. The van der Waals surface area contributed by atoms with Crippen molar-refractivity contribution in [3.05, 3.63) is 59.8 Å². The van der Waals surface area contributed by atoms with Gasteiger partial charge in [0.05, 0.1) is 19.4 Å². The van der Waals surface area contributed by atoms with Crippen LogP contribution in [0.3, 0.4) is 0 Å². The van der Waals surface area contributed by atoms with E-state index in [0.717, 1.165) is 0 Å². The first-order chi connectivity index (χ1) is 11.0. The molecule has 1 aromatic heterocycles. The summed E-state index contributed by atoms with van der Waals surface area (Å²) in [6.45, 7) is 0.438. The number of imide groups is 1. The van der Waals surface area contributed by atoms with Crippen molar-refractivity contribution in [2.24, 2.45) is 0 Å². The summed E-state index contributed by atoms with van der Waals surface area (Å²) in [5.41, 5.74) is 0.491. The summed E-state index contributed by atoms with van der Waals surface area (Å²) in [6.07, 6.45) is 1.50. The van der Waals surface area contributed by atoms with E-state index in [1.165, 1.54) is 12.3 Å². The van der Waals surface area contributed by atoms with Gasteiger partial charge in [-0.3, -0.25) is 15.0 Å². The third-order valence-corrected chi connectivity index (χ3v) is 3.07. The first-order valence-electron chi connectivity index (χ1n) is 7.06. The van der Waals surface area contributed by atoms with Gasteiger partial charge in [-0.2, -0.15) is 0 Å². The Bertz CT molecular complexity index is 658. The molecule has 1 heterocycles. The lowest BCUT2D eigenvalue weighted by atomic mass is 10.2. The number of carbonyl (C=O) groups excluding carboxylic acids is 2. The van der Waals surface area contributed by atoms with E-state index in [9.17, 15) is 14.0 Å². The Kier molecular flexibility index (Phi) is 5.87. The maximum absolute atomic E-state index is 13.5. The van der Waals surface area contributed by atoms with Gasteiger partial charge in [-0.15, -0.1) is 0 Å². The SMILES string of the molecule is CN(CC(=O)NC(=O)NCc1ccco1)Cc1ccccc1F. The second-order valence-electron chi connectivity index (χ2n) is 5.07. The topological polar surface area (TPSA) is 74.6 Å². The molecule has 0 radical (unpaired) electrons. The Morgan fingerprint density at radius 1 is 1.22 bits per heavy atom. The molecule has 0 aliphatic rings. The minimum absolute atomic E-state index is 0.0253. The van der Waals surface area contributed by atoms with Crippen LogP contribution in [0.1, 0.15) is 11.3 Å². The predicted octanol–water partition coefficient (Wildman–Crippen LogP) is 1.88. The van der Waals surface area contributed by atoms with Crippen molar-refractivity contribution in [3.63, 3.8) is 0 Å². The zero-order chi connectivity index (χ0) is 16.7. The normalized spacial score (nSPS) is 10.6. The number of amides is 3. The van der Waals surface area contributed by atoms with Gasteiger partial charge in [-0.1, -0.05) is 18.2 Å². The summed E-state index contributed by atoms with van der Waals surface area (Å²) in [6, 6.07) is 9.17. The second kappa shape index (κ2) is 8.09. The minimum atomic E-state index is -0.606. The van der Waals surface area contributed by atoms with E-state index in [1.807, 2.05) is 0 Å². The highest BCUT2D eigenvalue weighted by molar-refractivity contribution is 5.95. The maximum atomic E-state index is 13.5.